The predicted octanol–water partition coefficient (Wildman–Crippen LogP) is 1.89. The molecule has 13 heavy (non-hydrogen) atoms. The molecule has 0 amide bonds. The molecule has 1 aliphatic rings. The van der Waals surface area contributed by atoms with Crippen molar-refractivity contribution in [1.29, 1.82) is 0 Å². The van der Waals surface area contributed by atoms with E-state index in [-0.39, 0.29) is 11.5 Å². The number of hydrogen-bond donors (Lipinski definition) is 3. The maximum atomic E-state index is 9.30. The van der Waals surface area contributed by atoms with Crippen LogP contribution in [0.5, 0.6) is 0 Å². The molecule has 74 valence electrons. The fraction of sp³-hybridized carbons (Fsp3) is 0.600. The van der Waals surface area contributed by atoms with Gasteiger partial charge in [-0.2, -0.15) is 0 Å². The summed E-state index contributed by atoms with van der Waals surface area (Å²) in [7, 11) is 1.90. The number of nitrogens with one attached hydrogen (secondary N) is 1. The van der Waals surface area contributed by atoms with Crippen LogP contribution in [0.15, 0.2) is 23.2 Å². The highest BCUT2D eigenvalue weighted by atomic mass is 16.3. The van der Waals surface area contributed by atoms with Gasteiger partial charge in [0, 0.05) is 6.42 Å². The summed E-state index contributed by atoms with van der Waals surface area (Å²) in [5, 5.41) is 21.6. The minimum atomic E-state index is 0.0317. The van der Waals surface area contributed by atoms with Gasteiger partial charge in [-0.25, -0.2) is 0 Å². The zero-order chi connectivity index (χ0) is 9.84. The molecular formula is C10H17NO2. The zero-order valence-corrected chi connectivity index (χ0v) is 8.17. The summed E-state index contributed by atoms with van der Waals surface area (Å²) in [5.41, 5.74) is 1.20. The molecule has 1 atom stereocenters. The lowest BCUT2D eigenvalue weighted by Crippen LogP contribution is -2.14. The predicted molar refractivity (Wildman–Crippen MR) is 52.7 cm³/mol. The molecule has 3 nitrogen and oxygen atoms in total. The second-order valence-electron chi connectivity index (χ2n) is 3.51. The summed E-state index contributed by atoms with van der Waals surface area (Å²) in [6.45, 7) is 2.97. The van der Waals surface area contributed by atoms with Gasteiger partial charge in [0.1, 0.15) is 5.76 Å². The van der Waals surface area contributed by atoms with E-state index >= 15 is 0 Å². The zero-order valence-electron chi connectivity index (χ0n) is 8.17. The SMILES string of the molecule is CNCCC1=CC(O)=C(O)CC1C. The van der Waals surface area contributed by atoms with Gasteiger partial charge >= 0.3 is 0 Å². The summed E-state index contributed by atoms with van der Waals surface area (Å²) in [6, 6.07) is 0. The topological polar surface area (TPSA) is 52.5 Å². The standard InChI is InChI=1S/C10H17NO2/c1-7-5-9(12)10(13)6-8(7)3-4-11-2/h6-7,11-13H,3-5H2,1-2H3. The van der Waals surface area contributed by atoms with Crippen LogP contribution in [0.4, 0.5) is 0 Å². The van der Waals surface area contributed by atoms with Crippen molar-refractivity contribution in [3.63, 3.8) is 0 Å². The molecule has 3 heteroatoms. The van der Waals surface area contributed by atoms with Crippen molar-refractivity contribution in [2.75, 3.05) is 13.6 Å². The van der Waals surface area contributed by atoms with Crippen molar-refractivity contribution in [2.24, 2.45) is 5.92 Å². The Kier molecular flexibility index (Phi) is 3.37. The molecule has 3 N–H and O–H groups in total. The molecule has 1 aliphatic carbocycles. The highest BCUT2D eigenvalue weighted by Crippen LogP contribution is 2.28. The first kappa shape index (κ1) is 10.1. The second-order valence-corrected chi connectivity index (χ2v) is 3.51. The van der Waals surface area contributed by atoms with E-state index in [4.69, 9.17) is 0 Å². The maximum Gasteiger partial charge on any atom is 0.152 e. The first-order valence-corrected chi connectivity index (χ1v) is 4.61. The minimum absolute atomic E-state index is 0.0317. The van der Waals surface area contributed by atoms with Crippen LogP contribution in [0, 0.1) is 5.92 Å². The summed E-state index contributed by atoms with van der Waals surface area (Å²) in [5.74, 6) is 0.481. The van der Waals surface area contributed by atoms with Crippen LogP contribution in [0.1, 0.15) is 19.8 Å². The molecule has 0 aliphatic heterocycles. The Hall–Kier alpha value is -0.960. The third kappa shape index (κ3) is 2.49. The monoisotopic (exact) mass is 183 g/mol. The minimum Gasteiger partial charge on any atom is -0.508 e. The van der Waals surface area contributed by atoms with Crippen LogP contribution in [-0.2, 0) is 0 Å². The van der Waals surface area contributed by atoms with Gasteiger partial charge in [0.25, 0.3) is 0 Å². The number of aliphatic hydroxyl groups is 2. The van der Waals surface area contributed by atoms with Gasteiger partial charge in [-0.15, -0.1) is 0 Å². The van der Waals surface area contributed by atoms with Crippen LogP contribution >= 0.6 is 0 Å². The van der Waals surface area contributed by atoms with Crippen LogP contribution < -0.4 is 5.32 Å². The van der Waals surface area contributed by atoms with E-state index in [2.05, 4.69) is 12.2 Å². The summed E-state index contributed by atoms with van der Waals surface area (Å²) < 4.78 is 0. The first-order valence-electron chi connectivity index (χ1n) is 4.61. The molecule has 1 unspecified atom stereocenters. The van der Waals surface area contributed by atoms with Gasteiger partial charge in [-0.05, 0) is 32.0 Å². The number of allylic oxidation sites excluding steroid dienone is 2. The van der Waals surface area contributed by atoms with Gasteiger partial charge in [0.05, 0.1) is 0 Å². The van der Waals surface area contributed by atoms with Crippen molar-refractivity contribution < 1.29 is 10.2 Å². The lowest BCUT2D eigenvalue weighted by molar-refractivity contribution is 0.301. The second kappa shape index (κ2) is 4.33. The lowest BCUT2D eigenvalue weighted by Gasteiger charge is -2.20. The normalized spacial score (nSPS) is 23.2. The van der Waals surface area contributed by atoms with E-state index in [1.807, 2.05) is 7.05 Å². The number of aliphatic hydroxyl groups excluding tert-OH is 2. The molecule has 0 radical (unpaired) electrons. The molecule has 1 rings (SSSR count). The van der Waals surface area contributed by atoms with Gasteiger partial charge in [-0.3, -0.25) is 0 Å². The Morgan fingerprint density at radius 1 is 1.54 bits per heavy atom. The molecular weight excluding hydrogens is 166 g/mol. The van der Waals surface area contributed by atoms with Crippen LogP contribution in [0.2, 0.25) is 0 Å². The average molecular weight is 183 g/mol. The first-order chi connectivity index (χ1) is 6.15. The van der Waals surface area contributed by atoms with Gasteiger partial charge in [-0.1, -0.05) is 12.5 Å². The molecule has 0 spiro atoms. The van der Waals surface area contributed by atoms with Crippen LogP contribution in [0.25, 0.3) is 0 Å². The molecule has 0 bridgehead atoms. The molecule has 0 saturated heterocycles. The third-order valence-electron chi connectivity index (χ3n) is 2.41. The smallest absolute Gasteiger partial charge is 0.152 e. The van der Waals surface area contributed by atoms with Crippen molar-refractivity contribution in [2.45, 2.75) is 19.8 Å². The van der Waals surface area contributed by atoms with Gasteiger partial charge < -0.3 is 15.5 Å². The summed E-state index contributed by atoms with van der Waals surface area (Å²) in [4.78, 5) is 0. The van der Waals surface area contributed by atoms with Crippen molar-refractivity contribution in [3.05, 3.63) is 23.2 Å². The van der Waals surface area contributed by atoms with Crippen molar-refractivity contribution >= 4 is 0 Å². The Morgan fingerprint density at radius 3 is 2.85 bits per heavy atom. The largest absolute Gasteiger partial charge is 0.508 e. The quantitative estimate of drug-likeness (QED) is 0.626. The molecule has 0 heterocycles. The highest BCUT2D eigenvalue weighted by molar-refractivity contribution is 5.27. The van der Waals surface area contributed by atoms with E-state index in [1.54, 1.807) is 6.08 Å². The van der Waals surface area contributed by atoms with E-state index in [0.717, 1.165) is 13.0 Å². The van der Waals surface area contributed by atoms with E-state index in [9.17, 15) is 10.2 Å². The van der Waals surface area contributed by atoms with Gasteiger partial charge in [0.15, 0.2) is 5.76 Å². The fourth-order valence-corrected chi connectivity index (χ4v) is 1.51. The van der Waals surface area contributed by atoms with Crippen molar-refractivity contribution in [1.82, 2.24) is 5.32 Å². The third-order valence-corrected chi connectivity index (χ3v) is 2.41. The Bertz CT molecular complexity index is 243. The summed E-state index contributed by atoms with van der Waals surface area (Å²) in [6.07, 6.45) is 3.16. The molecule has 0 aromatic heterocycles. The van der Waals surface area contributed by atoms with E-state index in [1.165, 1.54) is 5.57 Å². The molecule has 0 fully saturated rings. The van der Waals surface area contributed by atoms with E-state index in [0.29, 0.717) is 12.3 Å². The lowest BCUT2D eigenvalue weighted by atomic mass is 9.89. The highest BCUT2D eigenvalue weighted by Gasteiger charge is 2.18. The maximum absolute atomic E-state index is 9.30. The Labute approximate surface area is 78.8 Å². The molecule has 0 aromatic carbocycles. The fourth-order valence-electron chi connectivity index (χ4n) is 1.51. The molecule has 0 saturated carbocycles. The molecule has 0 aromatic rings. The number of hydrogen-bond acceptors (Lipinski definition) is 3. The summed E-state index contributed by atoms with van der Waals surface area (Å²) >= 11 is 0. The van der Waals surface area contributed by atoms with E-state index < -0.39 is 0 Å². The Balaban J connectivity index is 2.66. The van der Waals surface area contributed by atoms with Crippen molar-refractivity contribution in [3.8, 4) is 0 Å². The van der Waals surface area contributed by atoms with Crippen LogP contribution in [0.3, 0.4) is 0 Å². The number of rotatable bonds is 3. The van der Waals surface area contributed by atoms with Crippen LogP contribution in [-0.4, -0.2) is 23.8 Å². The Morgan fingerprint density at radius 2 is 2.23 bits per heavy atom. The van der Waals surface area contributed by atoms with Gasteiger partial charge in [0.2, 0.25) is 0 Å². The average Bonchev–Trinajstić information content (AvgIpc) is 2.09.